The Bertz CT molecular complexity index is 798. The van der Waals surface area contributed by atoms with Crippen molar-refractivity contribution in [2.45, 2.75) is 60.8 Å². The van der Waals surface area contributed by atoms with E-state index in [0.29, 0.717) is 0 Å². The number of nitrogens with zero attached hydrogens (tertiary/aromatic N) is 2. The Morgan fingerprint density at radius 3 is 1.76 bits per heavy atom. The second-order valence-electron chi connectivity index (χ2n) is 6.90. The number of benzene rings is 2. The molecule has 0 unspecified atom stereocenters. The summed E-state index contributed by atoms with van der Waals surface area (Å²) in [6.07, 6.45) is 3.25. The second kappa shape index (κ2) is 8.75. The lowest BCUT2D eigenvalue weighted by Crippen LogP contribution is -2.10. The van der Waals surface area contributed by atoms with Gasteiger partial charge in [0.1, 0.15) is 0 Å². The number of aliphatic imine (C=N–C) groups is 2. The summed E-state index contributed by atoms with van der Waals surface area (Å²) >= 11 is 0. The molecular formula is C23H30N2. The van der Waals surface area contributed by atoms with Gasteiger partial charge in [0.25, 0.3) is 0 Å². The van der Waals surface area contributed by atoms with Crippen LogP contribution in [0.4, 0.5) is 11.4 Å². The molecule has 0 heterocycles. The van der Waals surface area contributed by atoms with Gasteiger partial charge in [0.15, 0.2) is 0 Å². The molecule has 0 spiro atoms. The zero-order valence-corrected chi connectivity index (χ0v) is 16.5. The highest BCUT2D eigenvalue weighted by Crippen LogP contribution is 2.21. The van der Waals surface area contributed by atoms with Gasteiger partial charge in [-0.3, -0.25) is 9.98 Å². The fourth-order valence-electron chi connectivity index (χ4n) is 2.67. The predicted octanol–water partition coefficient (Wildman–Crippen LogP) is 6.98. The lowest BCUT2D eigenvalue weighted by Gasteiger charge is -2.08. The molecule has 0 fully saturated rings. The third-order valence-corrected chi connectivity index (χ3v) is 4.73. The fraction of sp³-hybridized carbons (Fsp3) is 0.391. The highest BCUT2D eigenvalue weighted by atomic mass is 14.8. The van der Waals surface area contributed by atoms with Gasteiger partial charge in [-0.15, -0.1) is 0 Å². The van der Waals surface area contributed by atoms with Gasteiger partial charge in [-0.05, 0) is 94.0 Å². The van der Waals surface area contributed by atoms with E-state index >= 15 is 0 Å². The summed E-state index contributed by atoms with van der Waals surface area (Å²) < 4.78 is 0. The van der Waals surface area contributed by atoms with Crippen molar-refractivity contribution in [2.75, 3.05) is 0 Å². The molecule has 0 saturated carbocycles. The molecule has 25 heavy (non-hydrogen) atoms. The maximum absolute atomic E-state index is 4.92. The van der Waals surface area contributed by atoms with Crippen LogP contribution in [0.5, 0.6) is 0 Å². The summed E-state index contributed by atoms with van der Waals surface area (Å²) in [6, 6.07) is 12.8. The van der Waals surface area contributed by atoms with Crippen molar-refractivity contribution in [3.8, 4) is 0 Å². The second-order valence-corrected chi connectivity index (χ2v) is 6.90. The topological polar surface area (TPSA) is 24.7 Å². The first-order valence-corrected chi connectivity index (χ1v) is 9.18. The zero-order chi connectivity index (χ0) is 18.4. The fourth-order valence-corrected chi connectivity index (χ4v) is 2.67. The average molecular weight is 335 g/mol. The van der Waals surface area contributed by atoms with Crippen LogP contribution in [0.25, 0.3) is 0 Å². The quantitative estimate of drug-likeness (QED) is 0.509. The van der Waals surface area contributed by atoms with E-state index in [9.17, 15) is 0 Å². The largest absolute Gasteiger partial charge is 0.252 e. The molecule has 2 aromatic carbocycles. The van der Waals surface area contributed by atoms with Crippen molar-refractivity contribution in [3.05, 3.63) is 58.7 Å². The van der Waals surface area contributed by atoms with E-state index in [1.165, 1.54) is 22.3 Å². The molecule has 2 heteroatoms. The maximum Gasteiger partial charge on any atom is 0.0636 e. The van der Waals surface area contributed by atoms with E-state index in [-0.39, 0.29) is 0 Å². The van der Waals surface area contributed by atoms with Crippen LogP contribution in [-0.4, -0.2) is 11.4 Å². The highest BCUT2D eigenvalue weighted by Gasteiger charge is 2.06. The SMILES string of the molecule is CCCCC(=Nc1ccc(C)c(C)c1)C(C)=Nc1ccc(C)c(C)c1. The molecule has 132 valence electrons. The molecule has 2 aromatic rings. The summed E-state index contributed by atoms with van der Waals surface area (Å²) in [5.41, 5.74) is 9.27. The monoisotopic (exact) mass is 334 g/mol. The van der Waals surface area contributed by atoms with Gasteiger partial charge < -0.3 is 0 Å². The minimum Gasteiger partial charge on any atom is -0.252 e. The lowest BCUT2D eigenvalue weighted by atomic mass is 10.1. The Morgan fingerprint density at radius 2 is 1.28 bits per heavy atom. The summed E-state index contributed by atoms with van der Waals surface area (Å²) in [5, 5.41) is 0. The number of rotatable bonds is 6. The van der Waals surface area contributed by atoms with Crippen molar-refractivity contribution in [1.29, 1.82) is 0 Å². The molecule has 0 aliphatic heterocycles. The van der Waals surface area contributed by atoms with Gasteiger partial charge in [-0.25, -0.2) is 0 Å². The third-order valence-electron chi connectivity index (χ3n) is 4.73. The van der Waals surface area contributed by atoms with Crippen molar-refractivity contribution in [2.24, 2.45) is 9.98 Å². The van der Waals surface area contributed by atoms with Crippen LogP contribution in [0.3, 0.4) is 0 Å². The maximum atomic E-state index is 4.92. The zero-order valence-electron chi connectivity index (χ0n) is 16.5. The van der Waals surface area contributed by atoms with Crippen molar-refractivity contribution in [3.63, 3.8) is 0 Å². The molecule has 0 aliphatic carbocycles. The van der Waals surface area contributed by atoms with E-state index in [4.69, 9.17) is 9.98 Å². The summed E-state index contributed by atoms with van der Waals surface area (Å²) in [7, 11) is 0. The minimum absolute atomic E-state index is 0.962. The van der Waals surface area contributed by atoms with Crippen LogP contribution in [-0.2, 0) is 0 Å². The number of hydrogen-bond acceptors (Lipinski definition) is 2. The first-order chi connectivity index (χ1) is 11.9. The number of unbranched alkanes of at least 4 members (excludes halogenated alkanes) is 1. The Labute approximate surface area is 152 Å². The van der Waals surface area contributed by atoms with Gasteiger partial charge in [-0.1, -0.05) is 25.5 Å². The van der Waals surface area contributed by atoms with Gasteiger partial charge in [0, 0.05) is 0 Å². The van der Waals surface area contributed by atoms with Crippen molar-refractivity contribution < 1.29 is 0 Å². The van der Waals surface area contributed by atoms with Crippen molar-refractivity contribution >= 4 is 22.8 Å². The minimum atomic E-state index is 0.962. The van der Waals surface area contributed by atoms with Gasteiger partial charge in [0.05, 0.1) is 22.8 Å². The van der Waals surface area contributed by atoms with Gasteiger partial charge in [-0.2, -0.15) is 0 Å². The van der Waals surface area contributed by atoms with E-state index in [1.807, 2.05) is 0 Å². The first-order valence-electron chi connectivity index (χ1n) is 9.18. The third kappa shape index (κ3) is 5.38. The van der Waals surface area contributed by atoms with Crippen molar-refractivity contribution in [1.82, 2.24) is 0 Å². The Kier molecular flexibility index (Phi) is 6.69. The van der Waals surface area contributed by atoms with Crippen LogP contribution >= 0.6 is 0 Å². The summed E-state index contributed by atoms with van der Waals surface area (Å²) in [4.78, 5) is 9.76. The number of hydrogen-bond donors (Lipinski definition) is 0. The molecular weight excluding hydrogens is 304 g/mol. The standard InChI is InChI=1S/C23H30N2/c1-7-8-9-23(25-22-13-11-17(3)19(5)15-22)20(6)24-21-12-10-16(2)18(4)14-21/h10-15H,7-9H2,1-6H3. The summed E-state index contributed by atoms with van der Waals surface area (Å²) in [5.74, 6) is 0. The smallest absolute Gasteiger partial charge is 0.0636 e. The van der Waals surface area contributed by atoms with E-state index in [2.05, 4.69) is 77.9 Å². The average Bonchev–Trinajstić information content (AvgIpc) is 2.58. The summed E-state index contributed by atoms with van der Waals surface area (Å²) in [6.45, 7) is 12.8. The molecule has 2 rings (SSSR count). The van der Waals surface area contributed by atoms with Crippen LogP contribution in [0.15, 0.2) is 46.4 Å². The van der Waals surface area contributed by atoms with Gasteiger partial charge in [0.2, 0.25) is 0 Å². The Hall–Kier alpha value is -2.22. The molecule has 0 aromatic heterocycles. The van der Waals surface area contributed by atoms with E-state index < -0.39 is 0 Å². The molecule has 0 atom stereocenters. The van der Waals surface area contributed by atoms with Crippen LogP contribution in [0.1, 0.15) is 55.4 Å². The highest BCUT2D eigenvalue weighted by molar-refractivity contribution is 6.42. The molecule has 0 radical (unpaired) electrons. The van der Waals surface area contributed by atoms with E-state index in [1.54, 1.807) is 0 Å². The van der Waals surface area contributed by atoms with E-state index in [0.717, 1.165) is 42.1 Å². The van der Waals surface area contributed by atoms with Crippen LogP contribution in [0.2, 0.25) is 0 Å². The molecule has 0 amide bonds. The predicted molar refractivity (Wildman–Crippen MR) is 111 cm³/mol. The molecule has 2 nitrogen and oxygen atoms in total. The molecule has 0 bridgehead atoms. The van der Waals surface area contributed by atoms with Crippen LogP contribution < -0.4 is 0 Å². The molecule has 0 aliphatic rings. The first kappa shape index (κ1) is 19.1. The lowest BCUT2D eigenvalue weighted by molar-refractivity contribution is 0.838. The Balaban J connectivity index is 2.37. The molecule has 0 saturated heterocycles. The normalized spacial score (nSPS) is 12.6. The van der Waals surface area contributed by atoms with Gasteiger partial charge >= 0.3 is 0 Å². The number of aryl methyl sites for hydroxylation is 4. The Morgan fingerprint density at radius 1 is 0.760 bits per heavy atom. The van der Waals surface area contributed by atoms with Crippen LogP contribution in [0, 0.1) is 27.7 Å². The molecule has 0 N–H and O–H groups in total.